The monoisotopic (exact) mass is 343 g/mol. The summed E-state index contributed by atoms with van der Waals surface area (Å²) in [7, 11) is 0. The molecule has 0 aliphatic carbocycles. The first-order chi connectivity index (χ1) is 11.3. The molecule has 4 nitrogen and oxygen atoms in total. The van der Waals surface area contributed by atoms with Crippen molar-refractivity contribution in [1.82, 2.24) is 10.6 Å². The topological polar surface area (TPSA) is 53.5 Å². The van der Waals surface area contributed by atoms with Gasteiger partial charge in [0.05, 0.1) is 4.75 Å². The van der Waals surface area contributed by atoms with Crippen molar-refractivity contribution in [2.24, 2.45) is 10.9 Å². The second-order valence-corrected chi connectivity index (χ2v) is 8.03. The lowest BCUT2D eigenvalue weighted by molar-refractivity contribution is 0.0977. The summed E-state index contributed by atoms with van der Waals surface area (Å²) in [6.45, 7) is 2.65. The van der Waals surface area contributed by atoms with E-state index < -0.39 is 0 Å². The molecule has 1 aromatic carbocycles. The van der Waals surface area contributed by atoms with Crippen molar-refractivity contribution in [3.05, 3.63) is 58.3 Å². The van der Waals surface area contributed by atoms with Gasteiger partial charge in [-0.3, -0.25) is 9.79 Å². The molecular formula is C17H17N3OS2. The van der Waals surface area contributed by atoms with Crippen molar-refractivity contribution in [2.45, 2.75) is 4.75 Å². The lowest BCUT2D eigenvalue weighted by Gasteiger charge is -2.36. The van der Waals surface area contributed by atoms with E-state index in [2.05, 4.69) is 33.1 Å². The number of thiophene rings is 1. The number of aliphatic imine (C=N–C) groups is 1. The summed E-state index contributed by atoms with van der Waals surface area (Å²) in [6, 6.07) is 13.6. The number of carbonyl (C=O) groups is 1. The van der Waals surface area contributed by atoms with Crippen LogP contribution in [0.5, 0.6) is 0 Å². The van der Waals surface area contributed by atoms with Crippen LogP contribution in [0, 0.1) is 5.92 Å². The van der Waals surface area contributed by atoms with Crippen LogP contribution in [0.4, 0.5) is 0 Å². The van der Waals surface area contributed by atoms with Gasteiger partial charge in [-0.25, -0.2) is 0 Å². The van der Waals surface area contributed by atoms with Gasteiger partial charge in [0.25, 0.3) is 5.91 Å². The predicted octanol–water partition coefficient (Wildman–Crippen LogP) is 2.70. The minimum absolute atomic E-state index is 0.00474. The average molecular weight is 343 g/mol. The number of fused-ring (bicyclic) bond motifs is 1. The number of carbonyl (C=O) groups excluding carboxylic acids is 1. The highest BCUT2D eigenvalue weighted by molar-refractivity contribution is 8.14. The van der Waals surface area contributed by atoms with E-state index in [1.165, 1.54) is 4.88 Å². The zero-order chi connectivity index (χ0) is 15.7. The Balaban J connectivity index is 1.56. The molecule has 2 aromatic rings. The van der Waals surface area contributed by atoms with Crippen LogP contribution in [0.1, 0.15) is 15.2 Å². The average Bonchev–Trinajstić information content (AvgIpc) is 3.25. The zero-order valence-corrected chi connectivity index (χ0v) is 14.1. The largest absolute Gasteiger partial charge is 0.315 e. The van der Waals surface area contributed by atoms with Gasteiger partial charge in [0.2, 0.25) is 0 Å². The van der Waals surface area contributed by atoms with Crippen LogP contribution in [-0.4, -0.2) is 30.7 Å². The lowest BCUT2D eigenvalue weighted by atomic mass is 9.93. The van der Waals surface area contributed by atoms with E-state index in [4.69, 9.17) is 0 Å². The Labute approximate surface area is 143 Å². The number of hydrogen-bond acceptors (Lipinski definition) is 5. The molecule has 23 heavy (non-hydrogen) atoms. The molecule has 0 bridgehead atoms. The first kappa shape index (κ1) is 14.9. The van der Waals surface area contributed by atoms with Gasteiger partial charge < -0.3 is 10.6 Å². The molecule has 6 heteroatoms. The van der Waals surface area contributed by atoms with E-state index in [-0.39, 0.29) is 10.7 Å². The van der Waals surface area contributed by atoms with Crippen molar-refractivity contribution >= 4 is 34.2 Å². The highest BCUT2D eigenvalue weighted by Crippen LogP contribution is 2.49. The molecule has 1 saturated heterocycles. The van der Waals surface area contributed by atoms with E-state index in [0.29, 0.717) is 11.5 Å². The predicted molar refractivity (Wildman–Crippen MR) is 96.2 cm³/mol. The van der Waals surface area contributed by atoms with Crippen LogP contribution in [-0.2, 0) is 4.75 Å². The van der Waals surface area contributed by atoms with E-state index >= 15 is 0 Å². The summed E-state index contributed by atoms with van der Waals surface area (Å²) in [5, 5.41) is 9.33. The lowest BCUT2D eigenvalue weighted by Crippen LogP contribution is -2.41. The molecule has 1 amide bonds. The smallest absolute Gasteiger partial charge is 0.257 e. The van der Waals surface area contributed by atoms with Crippen molar-refractivity contribution in [2.75, 3.05) is 19.6 Å². The van der Waals surface area contributed by atoms with Crippen LogP contribution in [0.15, 0.2) is 52.8 Å². The van der Waals surface area contributed by atoms with Gasteiger partial charge in [0.15, 0.2) is 5.17 Å². The fourth-order valence-corrected chi connectivity index (χ4v) is 5.62. The molecule has 0 radical (unpaired) electrons. The molecule has 0 saturated carbocycles. The fraction of sp³-hybridized carbons (Fsp3) is 0.294. The maximum absolute atomic E-state index is 12.4. The maximum atomic E-state index is 12.4. The van der Waals surface area contributed by atoms with Gasteiger partial charge in [-0.05, 0) is 23.6 Å². The molecule has 2 aliphatic heterocycles. The number of nitrogens with zero attached hydrogens (tertiary/aromatic N) is 1. The Morgan fingerprint density at radius 2 is 2.13 bits per heavy atom. The summed E-state index contributed by atoms with van der Waals surface area (Å²) in [5.74, 6) is 0.381. The van der Waals surface area contributed by atoms with Crippen molar-refractivity contribution < 1.29 is 4.79 Å². The second kappa shape index (κ2) is 6.11. The minimum atomic E-state index is -0.0948. The fourth-order valence-electron chi connectivity index (χ4n) is 3.15. The van der Waals surface area contributed by atoms with E-state index in [9.17, 15) is 4.79 Å². The van der Waals surface area contributed by atoms with E-state index in [0.717, 1.165) is 24.8 Å². The normalized spacial score (nSPS) is 26.4. The van der Waals surface area contributed by atoms with Gasteiger partial charge in [-0.1, -0.05) is 36.0 Å². The standard InChI is InChI=1S/C17H17N3OS2/c21-15(12-5-2-1-3-6-12)20-16-19-10-13-9-18-11-17(13,23-16)14-7-4-8-22-14/h1-8,13,18H,9-11H2,(H,19,20,21)/t13-,17+/m1/s1. The number of amides is 1. The highest BCUT2D eigenvalue weighted by atomic mass is 32.2. The Bertz CT molecular complexity index is 730. The van der Waals surface area contributed by atoms with E-state index in [1.54, 1.807) is 23.1 Å². The summed E-state index contributed by atoms with van der Waals surface area (Å²) < 4.78 is -0.00474. The molecule has 2 atom stereocenters. The number of benzene rings is 1. The molecule has 4 rings (SSSR count). The second-order valence-electron chi connectivity index (χ2n) is 5.76. The Morgan fingerprint density at radius 3 is 2.91 bits per heavy atom. The van der Waals surface area contributed by atoms with Gasteiger partial charge in [-0.15, -0.1) is 11.3 Å². The summed E-state index contributed by atoms with van der Waals surface area (Å²) >= 11 is 3.48. The Kier molecular flexibility index (Phi) is 3.97. The first-order valence-corrected chi connectivity index (χ1v) is 9.32. The van der Waals surface area contributed by atoms with Gasteiger partial charge in [0, 0.05) is 36.0 Å². The van der Waals surface area contributed by atoms with Crippen LogP contribution in [0.2, 0.25) is 0 Å². The molecule has 3 heterocycles. The summed E-state index contributed by atoms with van der Waals surface area (Å²) in [6.07, 6.45) is 0. The van der Waals surface area contributed by atoms with Crippen LogP contribution >= 0.6 is 23.1 Å². The quantitative estimate of drug-likeness (QED) is 0.881. The number of amidine groups is 1. The van der Waals surface area contributed by atoms with Crippen LogP contribution in [0.3, 0.4) is 0 Å². The van der Waals surface area contributed by atoms with Gasteiger partial charge >= 0.3 is 0 Å². The third kappa shape index (κ3) is 2.71. The Morgan fingerprint density at radius 1 is 1.26 bits per heavy atom. The van der Waals surface area contributed by atoms with Crippen molar-refractivity contribution in [3.8, 4) is 0 Å². The molecule has 0 unspecified atom stereocenters. The number of rotatable bonds is 2. The summed E-state index contributed by atoms with van der Waals surface area (Å²) in [4.78, 5) is 18.3. The first-order valence-electron chi connectivity index (χ1n) is 7.62. The molecular weight excluding hydrogens is 326 g/mol. The van der Waals surface area contributed by atoms with Gasteiger partial charge in [0.1, 0.15) is 0 Å². The molecule has 2 aliphatic rings. The molecule has 1 aromatic heterocycles. The maximum Gasteiger partial charge on any atom is 0.257 e. The zero-order valence-electron chi connectivity index (χ0n) is 12.5. The molecule has 2 N–H and O–H groups in total. The minimum Gasteiger partial charge on any atom is -0.315 e. The van der Waals surface area contributed by atoms with Crippen LogP contribution in [0.25, 0.3) is 0 Å². The molecule has 118 valence electrons. The highest BCUT2D eigenvalue weighted by Gasteiger charge is 2.49. The summed E-state index contributed by atoms with van der Waals surface area (Å²) in [5.41, 5.74) is 0.660. The SMILES string of the molecule is O=C(NC1=NC[C@H]2CNC[C@]2(c2cccs2)S1)c1ccccc1. The number of thioether (sulfide) groups is 1. The Hall–Kier alpha value is -1.63. The van der Waals surface area contributed by atoms with E-state index in [1.807, 2.05) is 30.3 Å². The third-order valence-electron chi connectivity index (χ3n) is 4.37. The third-order valence-corrected chi connectivity index (χ3v) is 7.03. The van der Waals surface area contributed by atoms with Crippen molar-refractivity contribution in [3.63, 3.8) is 0 Å². The van der Waals surface area contributed by atoms with Crippen LogP contribution < -0.4 is 10.6 Å². The molecule has 0 spiro atoms. The number of hydrogen-bond donors (Lipinski definition) is 2. The number of nitrogens with one attached hydrogen (secondary N) is 2. The van der Waals surface area contributed by atoms with Crippen molar-refractivity contribution in [1.29, 1.82) is 0 Å². The molecule has 1 fully saturated rings. The van der Waals surface area contributed by atoms with Gasteiger partial charge in [-0.2, -0.15) is 0 Å².